The van der Waals surface area contributed by atoms with E-state index in [0.29, 0.717) is 12.0 Å². The fourth-order valence-corrected chi connectivity index (χ4v) is 11.7. The monoisotopic (exact) mass is 530 g/mol. The van der Waals surface area contributed by atoms with Gasteiger partial charge in [-0.25, -0.2) is 9.67 Å². The van der Waals surface area contributed by atoms with Gasteiger partial charge in [-0.2, -0.15) is 5.10 Å². The van der Waals surface area contributed by atoms with Gasteiger partial charge in [-0.3, -0.25) is 0 Å². The average Bonchev–Trinajstić information content (AvgIpc) is 3.59. The maximum Gasteiger partial charge on any atom is 0.193 e. The third kappa shape index (κ3) is 3.35. The van der Waals surface area contributed by atoms with Gasteiger partial charge in [0.2, 0.25) is 0 Å². The molecule has 3 fully saturated rings. The molecule has 1 aliphatic heterocycles. The summed E-state index contributed by atoms with van der Waals surface area (Å²) in [5, 5.41) is 6.08. The standard InChI is InChI=1S/C30H35N4OPS/c1-20-26-28(33(32-20)23-13-9-6-10-14-23)31-27(21-11-7-5-8-12-21)34(24-15-16-24)36(26,37)35-25-19-22-17-18-30(25,4)29(22,2)3/h5-14,22,24-25H,15-19H2,1-4H3/t22-,25+,30+,36+/m0/s1. The van der Waals surface area contributed by atoms with E-state index in [1.54, 1.807) is 0 Å². The number of nitrogens with zero attached hydrogens (tertiary/aromatic N) is 4. The van der Waals surface area contributed by atoms with Gasteiger partial charge in [0.15, 0.2) is 12.2 Å². The molecule has 37 heavy (non-hydrogen) atoms. The number of amidine groups is 1. The Hall–Kier alpha value is -2.27. The Kier molecular flexibility index (Phi) is 5.22. The topological polar surface area (TPSA) is 42.6 Å². The average molecular weight is 531 g/mol. The van der Waals surface area contributed by atoms with Crippen LogP contribution in [0.15, 0.2) is 65.7 Å². The Morgan fingerprint density at radius 2 is 1.65 bits per heavy atom. The van der Waals surface area contributed by atoms with Gasteiger partial charge in [-0.15, -0.1) is 0 Å². The molecule has 2 heterocycles. The van der Waals surface area contributed by atoms with Crippen LogP contribution in [-0.2, 0) is 16.3 Å². The van der Waals surface area contributed by atoms with Crippen LogP contribution < -0.4 is 5.30 Å². The van der Waals surface area contributed by atoms with Gasteiger partial charge in [0.05, 0.1) is 22.8 Å². The Morgan fingerprint density at radius 1 is 0.973 bits per heavy atom. The van der Waals surface area contributed by atoms with Crippen LogP contribution in [0.1, 0.15) is 64.1 Å². The SMILES string of the molecule is Cc1nn(-c2ccccc2)c2c1[P@](=S)(O[C@@H]1C[C@@H]3CC[C@@]1(C)C3(C)C)N(C1CC1)C(c1ccccc1)=N2. The number of benzene rings is 2. The van der Waals surface area contributed by atoms with E-state index in [4.69, 9.17) is 26.4 Å². The minimum Gasteiger partial charge on any atom is -0.326 e. The summed E-state index contributed by atoms with van der Waals surface area (Å²) in [6.07, 6.45) is 3.32. The molecule has 3 saturated carbocycles. The molecule has 3 aromatic rings. The maximum atomic E-state index is 7.45. The Morgan fingerprint density at radius 3 is 2.24 bits per heavy atom. The first-order valence-corrected chi connectivity index (χ1v) is 16.3. The first kappa shape index (κ1) is 23.8. The molecule has 0 unspecified atom stereocenters. The van der Waals surface area contributed by atoms with E-state index < -0.39 is 6.42 Å². The summed E-state index contributed by atoms with van der Waals surface area (Å²) < 4.78 is 11.9. The summed E-state index contributed by atoms with van der Waals surface area (Å²) in [4.78, 5) is 5.34. The number of rotatable bonds is 5. The van der Waals surface area contributed by atoms with Crippen molar-refractivity contribution in [2.24, 2.45) is 21.7 Å². The first-order chi connectivity index (χ1) is 17.7. The molecule has 0 spiro atoms. The molecule has 192 valence electrons. The number of aromatic nitrogens is 2. The van der Waals surface area contributed by atoms with Gasteiger partial charge in [0.25, 0.3) is 0 Å². The number of aryl methyl sites for hydroxylation is 1. The lowest BCUT2D eigenvalue weighted by atomic mass is 9.70. The highest BCUT2D eigenvalue weighted by Gasteiger charge is 2.63. The smallest absolute Gasteiger partial charge is 0.193 e. The lowest BCUT2D eigenvalue weighted by molar-refractivity contribution is 0.0352. The number of para-hydroxylation sites is 1. The van der Waals surface area contributed by atoms with E-state index in [0.717, 1.165) is 53.2 Å². The second-order valence-electron chi connectivity index (χ2n) is 12.1. The van der Waals surface area contributed by atoms with Crippen LogP contribution in [0.5, 0.6) is 0 Å². The zero-order valence-electron chi connectivity index (χ0n) is 22.1. The van der Waals surface area contributed by atoms with E-state index in [1.165, 1.54) is 12.8 Å². The second kappa shape index (κ2) is 8.11. The van der Waals surface area contributed by atoms with Crippen molar-refractivity contribution in [1.82, 2.24) is 14.5 Å². The fourth-order valence-electron chi connectivity index (χ4n) is 7.13. The van der Waals surface area contributed by atoms with Gasteiger partial charge >= 0.3 is 0 Å². The zero-order chi connectivity index (χ0) is 25.6. The Balaban J connectivity index is 1.44. The Labute approximate surface area is 225 Å². The summed E-state index contributed by atoms with van der Waals surface area (Å²) in [6, 6.07) is 21.2. The van der Waals surface area contributed by atoms with Gasteiger partial charge in [0, 0.05) is 11.6 Å². The minimum atomic E-state index is -2.69. The lowest BCUT2D eigenvalue weighted by Crippen LogP contribution is -2.43. The van der Waals surface area contributed by atoms with Crippen molar-refractivity contribution < 1.29 is 4.52 Å². The highest BCUT2D eigenvalue weighted by molar-refractivity contribution is 8.15. The molecule has 5 nitrogen and oxygen atoms in total. The van der Waals surface area contributed by atoms with Crippen LogP contribution in [0.25, 0.3) is 5.69 Å². The molecular formula is C30H35N4OPS. The molecule has 1 aromatic heterocycles. The molecule has 2 bridgehead atoms. The largest absolute Gasteiger partial charge is 0.326 e. The van der Waals surface area contributed by atoms with Crippen LogP contribution in [0.2, 0.25) is 0 Å². The van der Waals surface area contributed by atoms with Crippen molar-refractivity contribution in [2.75, 3.05) is 0 Å². The molecule has 0 N–H and O–H groups in total. The minimum absolute atomic E-state index is 0.129. The molecule has 7 heteroatoms. The van der Waals surface area contributed by atoms with Crippen LogP contribution in [0, 0.1) is 23.7 Å². The summed E-state index contributed by atoms with van der Waals surface area (Å²) in [6.45, 7) is 9.43. The number of hydrogen-bond acceptors (Lipinski definition) is 4. The number of fused-ring (bicyclic) bond motifs is 3. The van der Waals surface area contributed by atoms with Crippen molar-refractivity contribution in [3.8, 4) is 5.69 Å². The molecule has 0 amide bonds. The third-order valence-corrected chi connectivity index (χ3v) is 14.0. The van der Waals surface area contributed by atoms with E-state index in [2.05, 4.69) is 74.8 Å². The second-order valence-corrected chi connectivity index (χ2v) is 15.7. The normalized spacial score (nSPS) is 31.9. The molecule has 7 rings (SSSR count). The first-order valence-electron chi connectivity index (χ1n) is 13.6. The van der Waals surface area contributed by atoms with Crippen LogP contribution >= 0.6 is 6.42 Å². The Bertz CT molecular complexity index is 1440. The van der Waals surface area contributed by atoms with Crippen molar-refractivity contribution in [3.05, 3.63) is 71.9 Å². The summed E-state index contributed by atoms with van der Waals surface area (Å²) in [5.74, 6) is 2.48. The van der Waals surface area contributed by atoms with E-state index in [-0.39, 0.29) is 16.9 Å². The van der Waals surface area contributed by atoms with Crippen molar-refractivity contribution in [3.63, 3.8) is 0 Å². The quantitative estimate of drug-likeness (QED) is 0.337. The van der Waals surface area contributed by atoms with Crippen molar-refractivity contribution in [2.45, 2.75) is 71.9 Å². The summed E-state index contributed by atoms with van der Waals surface area (Å²) >= 11 is 6.83. The van der Waals surface area contributed by atoms with E-state index >= 15 is 0 Å². The van der Waals surface area contributed by atoms with Gasteiger partial charge in [-0.1, -0.05) is 69.3 Å². The van der Waals surface area contributed by atoms with Gasteiger partial charge in [-0.05, 0) is 79.7 Å². The van der Waals surface area contributed by atoms with Crippen LogP contribution in [-0.4, -0.2) is 32.4 Å². The van der Waals surface area contributed by atoms with Gasteiger partial charge in [0.1, 0.15) is 5.84 Å². The highest BCUT2D eigenvalue weighted by atomic mass is 32.4. The molecule has 4 aliphatic rings. The molecule has 4 atom stereocenters. The van der Waals surface area contributed by atoms with E-state index in [9.17, 15) is 0 Å². The molecular weight excluding hydrogens is 495 g/mol. The predicted octanol–water partition coefficient (Wildman–Crippen LogP) is 6.90. The van der Waals surface area contributed by atoms with Crippen LogP contribution in [0.3, 0.4) is 0 Å². The van der Waals surface area contributed by atoms with Gasteiger partial charge < -0.3 is 9.19 Å². The van der Waals surface area contributed by atoms with E-state index in [1.807, 2.05) is 22.9 Å². The number of aliphatic imine (C=N–C) groups is 1. The highest BCUT2D eigenvalue weighted by Crippen LogP contribution is 2.70. The molecule has 3 aliphatic carbocycles. The molecule has 2 aromatic carbocycles. The number of hydrogen-bond donors (Lipinski definition) is 0. The molecule has 0 radical (unpaired) electrons. The van der Waals surface area contributed by atoms with Crippen LogP contribution in [0.4, 0.5) is 5.82 Å². The lowest BCUT2D eigenvalue weighted by Gasteiger charge is -2.45. The van der Waals surface area contributed by atoms with Crippen molar-refractivity contribution in [1.29, 1.82) is 0 Å². The summed E-state index contributed by atoms with van der Waals surface area (Å²) in [7, 11) is 0. The third-order valence-electron chi connectivity index (χ3n) is 9.91. The zero-order valence-corrected chi connectivity index (χ0v) is 23.8. The fraction of sp³-hybridized carbons (Fsp3) is 0.467. The molecule has 0 saturated heterocycles. The maximum absolute atomic E-state index is 7.45. The predicted molar refractivity (Wildman–Crippen MR) is 154 cm³/mol. The summed E-state index contributed by atoms with van der Waals surface area (Å²) in [5.41, 5.74) is 3.42. The van der Waals surface area contributed by atoms with Crippen molar-refractivity contribution >= 4 is 35.2 Å².